The van der Waals surface area contributed by atoms with Crippen molar-refractivity contribution in [1.29, 1.82) is 5.26 Å². The first kappa shape index (κ1) is 16.9. The number of benzene rings is 2. The molecule has 0 amide bonds. The van der Waals surface area contributed by atoms with Crippen LogP contribution in [0.3, 0.4) is 0 Å². The zero-order valence-corrected chi connectivity index (χ0v) is 12.8. The first-order valence-corrected chi connectivity index (χ1v) is 7.38. The first-order chi connectivity index (χ1) is 10.3. The molecule has 2 heteroatoms. The van der Waals surface area contributed by atoms with Gasteiger partial charge in [0.15, 0.2) is 0 Å². The highest BCUT2D eigenvalue weighted by Gasteiger charge is 2.12. The van der Waals surface area contributed by atoms with Crippen molar-refractivity contribution in [2.24, 2.45) is 0 Å². The van der Waals surface area contributed by atoms with Crippen LogP contribution in [0.25, 0.3) is 0 Å². The third kappa shape index (κ3) is 6.25. The predicted octanol–water partition coefficient (Wildman–Crippen LogP) is 4.77. The van der Waals surface area contributed by atoms with E-state index in [9.17, 15) is 0 Å². The van der Waals surface area contributed by atoms with E-state index in [1.165, 1.54) is 11.1 Å². The van der Waals surface area contributed by atoms with Gasteiger partial charge in [-0.05, 0) is 25.0 Å². The Hall–Kier alpha value is -2.11. The molecule has 2 aromatic rings. The van der Waals surface area contributed by atoms with Crippen LogP contribution in [0.2, 0.25) is 0 Å². The molecule has 0 aliphatic carbocycles. The molecule has 0 aliphatic rings. The quantitative estimate of drug-likeness (QED) is 0.790. The number of nitrogens with zero attached hydrogens (tertiary/aromatic N) is 1. The molecular formula is C19H23NO. The van der Waals surface area contributed by atoms with Gasteiger partial charge < -0.3 is 4.74 Å². The van der Waals surface area contributed by atoms with Crippen LogP contribution in [0, 0.1) is 11.3 Å². The number of ether oxygens (including phenoxy) is 1. The first-order valence-electron chi connectivity index (χ1n) is 7.38. The van der Waals surface area contributed by atoms with E-state index in [2.05, 4.69) is 30.3 Å². The molecule has 0 radical (unpaired) electrons. The molecule has 2 aromatic carbocycles. The second kappa shape index (κ2) is 10.7. The van der Waals surface area contributed by atoms with E-state index in [4.69, 9.17) is 10.00 Å². The van der Waals surface area contributed by atoms with Crippen molar-refractivity contribution in [3.05, 3.63) is 71.8 Å². The van der Waals surface area contributed by atoms with E-state index in [1.54, 1.807) is 0 Å². The summed E-state index contributed by atoms with van der Waals surface area (Å²) < 4.78 is 4.83. The fourth-order valence-corrected chi connectivity index (χ4v) is 2.09. The Morgan fingerprint density at radius 3 is 1.57 bits per heavy atom. The summed E-state index contributed by atoms with van der Waals surface area (Å²) in [5.41, 5.74) is 2.41. The Labute approximate surface area is 128 Å². The van der Waals surface area contributed by atoms with Gasteiger partial charge in [-0.15, -0.1) is 0 Å². The lowest BCUT2D eigenvalue weighted by atomic mass is 9.89. The fourth-order valence-electron chi connectivity index (χ4n) is 2.09. The van der Waals surface area contributed by atoms with Gasteiger partial charge in [-0.25, -0.2) is 0 Å². The highest BCUT2D eigenvalue weighted by Crippen LogP contribution is 2.26. The molecule has 0 aliphatic heterocycles. The summed E-state index contributed by atoms with van der Waals surface area (Å²) in [6.07, 6.45) is 0.522. The van der Waals surface area contributed by atoms with Crippen LogP contribution < -0.4 is 0 Å². The van der Waals surface area contributed by atoms with Gasteiger partial charge in [0, 0.05) is 25.6 Å². The van der Waals surface area contributed by atoms with Crippen molar-refractivity contribution in [2.75, 3.05) is 13.2 Å². The van der Waals surface area contributed by atoms with Crippen LogP contribution in [-0.2, 0) is 4.74 Å². The van der Waals surface area contributed by atoms with Crippen LogP contribution in [0.4, 0.5) is 0 Å². The topological polar surface area (TPSA) is 33.0 Å². The molecule has 0 aromatic heterocycles. The molecule has 0 saturated carbocycles. The van der Waals surface area contributed by atoms with Crippen molar-refractivity contribution in [3.8, 4) is 6.07 Å². The highest BCUT2D eigenvalue weighted by molar-refractivity contribution is 5.33. The van der Waals surface area contributed by atoms with Crippen LogP contribution in [0.1, 0.15) is 37.3 Å². The van der Waals surface area contributed by atoms with Crippen LogP contribution in [-0.4, -0.2) is 13.2 Å². The maximum Gasteiger partial charge on any atom is 0.0631 e. The van der Waals surface area contributed by atoms with E-state index in [0.29, 0.717) is 6.42 Å². The maximum absolute atomic E-state index is 8.91. The molecule has 0 unspecified atom stereocenters. The number of nitriles is 1. The summed E-state index contributed by atoms with van der Waals surface area (Å²) in [6.45, 7) is 5.67. The summed E-state index contributed by atoms with van der Waals surface area (Å²) >= 11 is 0. The molecule has 21 heavy (non-hydrogen) atoms. The van der Waals surface area contributed by atoms with Gasteiger partial charge in [0.1, 0.15) is 0 Å². The van der Waals surface area contributed by atoms with Gasteiger partial charge in [-0.1, -0.05) is 60.7 Å². The Morgan fingerprint density at radius 2 is 1.29 bits per heavy atom. The Balaban J connectivity index is 0.000000383. The normalized spacial score (nSPS) is 9.62. The second-order valence-corrected chi connectivity index (χ2v) is 4.52. The van der Waals surface area contributed by atoms with Crippen molar-refractivity contribution in [3.63, 3.8) is 0 Å². The zero-order chi connectivity index (χ0) is 15.3. The summed E-state index contributed by atoms with van der Waals surface area (Å²) in [5, 5.41) is 8.91. The minimum absolute atomic E-state index is 0.187. The number of rotatable bonds is 5. The molecule has 2 rings (SSSR count). The predicted molar refractivity (Wildman–Crippen MR) is 87.1 cm³/mol. The highest BCUT2D eigenvalue weighted by atomic mass is 16.5. The minimum Gasteiger partial charge on any atom is -0.382 e. The molecule has 110 valence electrons. The molecule has 0 N–H and O–H groups in total. The molecule has 2 nitrogen and oxygen atoms in total. The average Bonchev–Trinajstić information content (AvgIpc) is 2.56. The molecule has 0 heterocycles. The van der Waals surface area contributed by atoms with E-state index < -0.39 is 0 Å². The van der Waals surface area contributed by atoms with E-state index in [1.807, 2.05) is 50.2 Å². The summed E-state index contributed by atoms with van der Waals surface area (Å²) in [7, 11) is 0. The Morgan fingerprint density at radius 1 is 0.857 bits per heavy atom. The smallest absolute Gasteiger partial charge is 0.0631 e. The molecule has 0 spiro atoms. The SMILES string of the molecule is CCOCC.N#CCC(c1ccccc1)c1ccccc1. The van der Waals surface area contributed by atoms with Gasteiger partial charge in [0.05, 0.1) is 6.07 Å². The third-order valence-electron chi connectivity index (χ3n) is 3.11. The minimum atomic E-state index is 0.187. The lowest BCUT2D eigenvalue weighted by Gasteiger charge is -2.14. The second-order valence-electron chi connectivity index (χ2n) is 4.52. The molecule has 0 atom stereocenters. The summed E-state index contributed by atoms with van der Waals surface area (Å²) in [5.74, 6) is 0.187. The van der Waals surface area contributed by atoms with Crippen LogP contribution in [0.15, 0.2) is 60.7 Å². The largest absolute Gasteiger partial charge is 0.382 e. The monoisotopic (exact) mass is 281 g/mol. The average molecular weight is 281 g/mol. The number of hydrogen-bond acceptors (Lipinski definition) is 2. The zero-order valence-electron chi connectivity index (χ0n) is 12.8. The van der Waals surface area contributed by atoms with Crippen molar-refractivity contribution >= 4 is 0 Å². The van der Waals surface area contributed by atoms with Gasteiger partial charge in [0.2, 0.25) is 0 Å². The molecule has 0 fully saturated rings. The molecular weight excluding hydrogens is 258 g/mol. The van der Waals surface area contributed by atoms with Crippen LogP contribution >= 0.6 is 0 Å². The standard InChI is InChI=1S/C15H13N.C4H10O/c16-12-11-15(13-7-3-1-4-8-13)14-9-5-2-6-10-14;1-3-5-4-2/h1-10,15H,11H2;3-4H2,1-2H3. The summed E-state index contributed by atoms with van der Waals surface area (Å²) in [6, 6.07) is 22.6. The van der Waals surface area contributed by atoms with E-state index >= 15 is 0 Å². The van der Waals surface area contributed by atoms with Crippen LogP contribution in [0.5, 0.6) is 0 Å². The fraction of sp³-hybridized carbons (Fsp3) is 0.316. The molecule has 0 saturated heterocycles. The van der Waals surface area contributed by atoms with Gasteiger partial charge >= 0.3 is 0 Å². The van der Waals surface area contributed by atoms with E-state index in [0.717, 1.165) is 13.2 Å². The van der Waals surface area contributed by atoms with E-state index in [-0.39, 0.29) is 5.92 Å². The Kier molecular flexibility index (Phi) is 8.59. The lowest BCUT2D eigenvalue weighted by Crippen LogP contribution is -1.99. The Bertz CT molecular complexity index is 475. The van der Waals surface area contributed by atoms with Gasteiger partial charge in [0.25, 0.3) is 0 Å². The maximum atomic E-state index is 8.91. The van der Waals surface area contributed by atoms with Crippen molar-refractivity contribution in [1.82, 2.24) is 0 Å². The third-order valence-corrected chi connectivity index (χ3v) is 3.11. The summed E-state index contributed by atoms with van der Waals surface area (Å²) in [4.78, 5) is 0. The lowest BCUT2D eigenvalue weighted by molar-refractivity contribution is 0.162. The number of hydrogen-bond donors (Lipinski definition) is 0. The molecule has 0 bridgehead atoms. The van der Waals surface area contributed by atoms with Crippen molar-refractivity contribution < 1.29 is 4.74 Å². The van der Waals surface area contributed by atoms with Crippen molar-refractivity contribution in [2.45, 2.75) is 26.2 Å². The van der Waals surface area contributed by atoms with Gasteiger partial charge in [-0.2, -0.15) is 5.26 Å². The van der Waals surface area contributed by atoms with Gasteiger partial charge in [-0.3, -0.25) is 0 Å².